The molecule has 0 unspecified atom stereocenters. The fourth-order valence-corrected chi connectivity index (χ4v) is 3.18. The number of para-hydroxylation sites is 1. The molecule has 0 aliphatic carbocycles. The van der Waals surface area contributed by atoms with Crippen LogP contribution >= 0.6 is 27.3 Å². The predicted molar refractivity (Wildman–Crippen MR) is 82.4 cm³/mol. The van der Waals surface area contributed by atoms with Crippen molar-refractivity contribution in [2.24, 2.45) is 0 Å². The lowest BCUT2D eigenvalue weighted by Crippen LogP contribution is -2.12. The number of anilines is 1. The lowest BCUT2D eigenvalue weighted by Gasteiger charge is -2.09. The SMILES string of the molecule is O=C(O)CCc1ccccc1NC(=O)c1sccc1Br. The van der Waals surface area contributed by atoms with Gasteiger partial charge in [0.05, 0.1) is 0 Å². The van der Waals surface area contributed by atoms with E-state index in [2.05, 4.69) is 21.2 Å². The summed E-state index contributed by atoms with van der Waals surface area (Å²) in [6, 6.07) is 9.05. The number of hydrogen-bond acceptors (Lipinski definition) is 3. The van der Waals surface area contributed by atoms with Crippen LogP contribution in [-0.2, 0) is 11.2 Å². The topological polar surface area (TPSA) is 66.4 Å². The zero-order valence-electron chi connectivity index (χ0n) is 10.4. The first-order chi connectivity index (χ1) is 9.58. The summed E-state index contributed by atoms with van der Waals surface area (Å²) in [5, 5.41) is 13.4. The third-order valence-corrected chi connectivity index (χ3v) is 4.53. The third kappa shape index (κ3) is 3.68. The van der Waals surface area contributed by atoms with Crippen LogP contribution in [0.3, 0.4) is 0 Å². The normalized spacial score (nSPS) is 10.2. The quantitative estimate of drug-likeness (QED) is 0.859. The molecule has 2 rings (SSSR count). The molecule has 0 aliphatic heterocycles. The molecule has 0 atom stereocenters. The van der Waals surface area contributed by atoms with E-state index < -0.39 is 5.97 Å². The standard InChI is InChI=1S/C14H12BrNO3S/c15-10-7-8-20-13(10)14(19)16-11-4-2-1-3-9(11)5-6-12(17)18/h1-4,7-8H,5-6H2,(H,16,19)(H,17,18). The molecule has 1 heterocycles. The fraction of sp³-hybridized carbons (Fsp3) is 0.143. The van der Waals surface area contributed by atoms with Gasteiger partial charge in [-0.1, -0.05) is 18.2 Å². The molecule has 1 aromatic carbocycles. The first kappa shape index (κ1) is 14.7. The molecule has 0 spiro atoms. The lowest BCUT2D eigenvalue weighted by molar-refractivity contribution is -0.136. The summed E-state index contributed by atoms with van der Waals surface area (Å²) >= 11 is 4.67. The second-order valence-electron chi connectivity index (χ2n) is 4.10. The summed E-state index contributed by atoms with van der Waals surface area (Å²) in [5.41, 5.74) is 1.47. The Kier molecular flexibility index (Phi) is 4.92. The maximum atomic E-state index is 12.1. The van der Waals surface area contributed by atoms with Crippen LogP contribution in [0.1, 0.15) is 21.7 Å². The third-order valence-electron chi connectivity index (χ3n) is 2.70. The van der Waals surface area contributed by atoms with Crippen LogP contribution in [0.25, 0.3) is 0 Å². The van der Waals surface area contributed by atoms with Crippen LogP contribution < -0.4 is 5.32 Å². The van der Waals surface area contributed by atoms with Gasteiger partial charge in [0.1, 0.15) is 4.88 Å². The van der Waals surface area contributed by atoms with Crippen molar-refractivity contribution >= 4 is 44.8 Å². The molecule has 0 fully saturated rings. The Morgan fingerprint density at radius 2 is 2.00 bits per heavy atom. The number of aliphatic carboxylic acids is 1. The molecule has 0 saturated heterocycles. The van der Waals surface area contributed by atoms with Gasteiger partial charge in [-0.15, -0.1) is 11.3 Å². The van der Waals surface area contributed by atoms with E-state index in [-0.39, 0.29) is 12.3 Å². The number of aryl methyl sites for hydroxylation is 1. The molecule has 0 radical (unpaired) electrons. The van der Waals surface area contributed by atoms with Crippen molar-refractivity contribution in [1.82, 2.24) is 0 Å². The molecule has 6 heteroatoms. The number of rotatable bonds is 5. The van der Waals surface area contributed by atoms with Crippen LogP contribution in [0.4, 0.5) is 5.69 Å². The van der Waals surface area contributed by atoms with Gasteiger partial charge in [0.25, 0.3) is 5.91 Å². The van der Waals surface area contributed by atoms with Gasteiger partial charge in [0.2, 0.25) is 0 Å². The number of halogens is 1. The molecule has 2 aromatic rings. The molecular formula is C14H12BrNO3S. The van der Waals surface area contributed by atoms with E-state index in [1.54, 1.807) is 6.07 Å². The Balaban J connectivity index is 2.15. The largest absolute Gasteiger partial charge is 0.481 e. The van der Waals surface area contributed by atoms with Crippen molar-refractivity contribution in [2.45, 2.75) is 12.8 Å². The highest BCUT2D eigenvalue weighted by Gasteiger charge is 2.13. The molecule has 0 bridgehead atoms. The number of thiophene rings is 1. The van der Waals surface area contributed by atoms with E-state index in [1.165, 1.54) is 11.3 Å². The number of amides is 1. The number of carbonyl (C=O) groups excluding carboxylic acids is 1. The number of nitrogens with one attached hydrogen (secondary N) is 1. The Labute approximate surface area is 128 Å². The van der Waals surface area contributed by atoms with Crippen molar-refractivity contribution in [3.05, 3.63) is 50.6 Å². The minimum absolute atomic E-state index is 0.0373. The summed E-state index contributed by atoms with van der Waals surface area (Å²) in [6.45, 7) is 0. The first-order valence-electron chi connectivity index (χ1n) is 5.92. The Morgan fingerprint density at radius 1 is 1.25 bits per heavy atom. The molecule has 1 aromatic heterocycles. The summed E-state index contributed by atoms with van der Waals surface area (Å²) in [7, 11) is 0. The molecule has 0 aliphatic rings. The van der Waals surface area contributed by atoms with E-state index in [4.69, 9.17) is 5.11 Å². The molecule has 4 nitrogen and oxygen atoms in total. The molecule has 2 N–H and O–H groups in total. The van der Waals surface area contributed by atoms with E-state index in [1.807, 2.05) is 29.6 Å². The number of hydrogen-bond donors (Lipinski definition) is 2. The summed E-state index contributed by atoms with van der Waals surface area (Å²) in [5.74, 6) is -1.05. The Bertz CT molecular complexity index is 639. The minimum Gasteiger partial charge on any atom is -0.481 e. The zero-order chi connectivity index (χ0) is 14.5. The van der Waals surface area contributed by atoms with Crippen LogP contribution in [0.5, 0.6) is 0 Å². The lowest BCUT2D eigenvalue weighted by atomic mass is 10.1. The van der Waals surface area contributed by atoms with Crippen LogP contribution in [0.15, 0.2) is 40.2 Å². The Morgan fingerprint density at radius 3 is 2.65 bits per heavy atom. The van der Waals surface area contributed by atoms with Gasteiger partial charge >= 0.3 is 5.97 Å². The van der Waals surface area contributed by atoms with Gasteiger partial charge in [-0.2, -0.15) is 0 Å². The first-order valence-corrected chi connectivity index (χ1v) is 7.59. The van der Waals surface area contributed by atoms with Crippen molar-refractivity contribution < 1.29 is 14.7 Å². The number of benzene rings is 1. The van der Waals surface area contributed by atoms with Gasteiger partial charge in [-0.25, -0.2) is 0 Å². The number of carboxylic acids is 1. The molecule has 20 heavy (non-hydrogen) atoms. The van der Waals surface area contributed by atoms with E-state index >= 15 is 0 Å². The van der Waals surface area contributed by atoms with Gasteiger partial charge in [0, 0.05) is 16.6 Å². The van der Waals surface area contributed by atoms with Crippen LogP contribution in [0, 0.1) is 0 Å². The Hall–Kier alpha value is -1.66. The van der Waals surface area contributed by atoms with Gasteiger partial charge in [0.15, 0.2) is 0 Å². The van der Waals surface area contributed by atoms with Crippen molar-refractivity contribution in [3.63, 3.8) is 0 Å². The van der Waals surface area contributed by atoms with E-state index in [0.717, 1.165) is 10.0 Å². The van der Waals surface area contributed by atoms with Crippen molar-refractivity contribution in [2.75, 3.05) is 5.32 Å². The predicted octanol–water partition coefficient (Wildman–Crippen LogP) is 3.78. The van der Waals surface area contributed by atoms with Crippen LogP contribution in [0.2, 0.25) is 0 Å². The van der Waals surface area contributed by atoms with Gasteiger partial charge in [-0.05, 0) is 45.4 Å². The molecule has 104 valence electrons. The second kappa shape index (κ2) is 6.67. The highest BCUT2D eigenvalue weighted by molar-refractivity contribution is 9.10. The fourth-order valence-electron chi connectivity index (χ4n) is 1.74. The summed E-state index contributed by atoms with van der Waals surface area (Å²) in [4.78, 5) is 23.4. The minimum atomic E-state index is -0.855. The average molecular weight is 354 g/mol. The average Bonchev–Trinajstić information content (AvgIpc) is 2.84. The highest BCUT2D eigenvalue weighted by Crippen LogP contribution is 2.25. The van der Waals surface area contributed by atoms with Crippen molar-refractivity contribution in [3.8, 4) is 0 Å². The number of carboxylic acid groups (broad SMARTS) is 1. The smallest absolute Gasteiger partial charge is 0.303 e. The van der Waals surface area contributed by atoms with Gasteiger partial charge < -0.3 is 10.4 Å². The van der Waals surface area contributed by atoms with E-state index in [0.29, 0.717) is 17.0 Å². The maximum absolute atomic E-state index is 12.1. The van der Waals surface area contributed by atoms with Crippen molar-refractivity contribution in [1.29, 1.82) is 0 Å². The molecule has 0 saturated carbocycles. The number of carbonyl (C=O) groups is 2. The summed E-state index contributed by atoms with van der Waals surface area (Å²) in [6.07, 6.45) is 0.424. The molecule has 1 amide bonds. The molecular weight excluding hydrogens is 342 g/mol. The highest BCUT2D eigenvalue weighted by atomic mass is 79.9. The second-order valence-corrected chi connectivity index (χ2v) is 5.87. The zero-order valence-corrected chi connectivity index (χ0v) is 12.8. The van der Waals surface area contributed by atoms with Crippen LogP contribution in [-0.4, -0.2) is 17.0 Å². The van der Waals surface area contributed by atoms with Gasteiger partial charge in [-0.3, -0.25) is 9.59 Å². The maximum Gasteiger partial charge on any atom is 0.303 e. The summed E-state index contributed by atoms with van der Waals surface area (Å²) < 4.78 is 0.753. The van der Waals surface area contributed by atoms with E-state index in [9.17, 15) is 9.59 Å². The monoisotopic (exact) mass is 353 g/mol.